The second kappa shape index (κ2) is 6.80. The van der Waals surface area contributed by atoms with Gasteiger partial charge in [-0.05, 0) is 29.3 Å². The summed E-state index contributed by atoms with van der Waals surface area (Å²) in [7, 11) is 0. The highest BCUT2D eigenvalue weighted by atomic mass is 19.4. The van der Waals surface area contributed by atoms with Crippen LogP contribution in [0.25, 0.3) is 17.0 Å². The Hall–Kier alpha value is -3.09. The summed E-state index contributed by atoms with van der Waals surface area (Å²) in [6.45, 7) is 0.315. The molecule has 3 aromatic rings. The standard InChI is InChI=1S/C18H14F3N3O/c19-18(20,21)15-7-4-12(5-8-15)6-9-16(25)22-10-13-2-1-3-14-11-23-24-17(13)14/h1-9,11H,10H2,(H,22,25)(H,23,24). The molecule has 7 heteroatoms. The molecule has 2 aromatic carbocycles. The summed E-state index contributed by atoms with van der Waals surface area (Å²) in [5.41, 5.74) is 1.54. The normalized spacial score (nSPS) is 12.0. The van der Waals surface area contributed by atoms with E-state index in [1.54, 1.807) is 6.20 Å². The van der Waals surface area contributed by atoms with E-state index in [-0.39, 0.29) is 5.91 Å². The number of nitrogens with one attached hydrogen (secondary N) is 2. The number of carbonyl (C=O) groups is 1. The van der Waals surface area contributed by atoms with E-state index in [9.17, 15) is 18.0 Å². The molecule has 0 radical (unpaired) electrons. The number of fused-ring (bicyclic) bond motifs is 1. The zero-order valence-electron chi connectivity index (χ0n) is 13.0. The number of H-pyrrole nitrogens is 1. The molecule has 0 aliphatic heterocycles. The smallest absolute Gasteiger partial charge is 0.348 e. The number of aromatic nitrogens is 2. The van der Waals surface area contributed by atoms with Crippen molar-refractivity contribution in [2.24, 2.45) is 0 Å². The van der Waals surface area contributed by atoms with E-state index in [0.717, 1.165) is 28.6 Å². The van der Waals surface area contributed by atoms with Gasteiger partial charge in [0.15, 0.2) is 0 Å². The van der Waals surface area contributed by atoms with Gasteiger partial charge >= 0.3 is 6.18 Å². The zero-order chi connectivity index (χ0) is 17.9. The quantitative estimate of drug-likeness (QED) is 0.705. The molecule has 1 heterocycles. The van der Waals surface area contributed by atoms with Crippen LogP contribution in [0.4, 0.5) is 13.2 Å². The summed E-state index contributed by atoms with van der Waals surface area (Å²) in [6, 6.07) is 10.3. The van der Waals surface area contributed by atoms with Crippen molar-refractivity contribution in [3.8, 4) is 0 Å². The third-order valence-electron chi connectivity index (χ3n) is 3.68. The number of benzene rings is 2. The Morgan fingerprint density at radius 2 is 1.92 bits per heavy atom. The number of halogens is 3. The van der Waals surface area contributed by atoms with Gasteiger partial charge in [0.25, 0.3) is 0 Å². The second-order valence-electron chi connectivity index (χ2n) is 5.42. The van der Waals surface area contributed by atoms with E-state index in [0.29, 0.717) is 12.1 Å². The molecular formula is C18H14F3N3O. The fourth-order valence-corrected chi connectivity index (χ4v) is 2.37. The van der Waals surface area contributed by atoms with Gasteiger partial charge in [-0.3, -0.25) is 9.89 Å². The first-order valence-corrected chi connectivity index (χ1v) is 7.47. The highest BCUT2D eigenvalue weighted by Gasteiger charge is 2.29. The molecule has 0 aliphatic rings. The van der Waals surface area contributed by atoms with E-state index in [1.807, 2.05) is 18.2 Å². The summed E-state index contributed by atoms with van der Waals surface area (Å²) in [5.74, 6) is -0.337. The number of amides is 1. The maximum Gasteiger partial charge on any atom is 0.416 e. The van der Waals surface area contributed by atoms with E-state index in [1.165, 1.54) is 24.3 Å². The summed E-state index contributed by atoms with van der Waals surface area (Å²) in [6.07, 6.45) is 0.0838. The average molecular weight is 345 g/mol. The van der Waals surface area contributed by atoms with Crippen LogP contribution >= 0.6 is 0 Å². The molecule has 3 rings (SSSR count). The van der Waals surface area contributed by atoms with Crippen LogP contribution < -0.4 is 5.32 Å². The average Bonchev–Trinajstić information content (AvgIpc) is 3.07. The van der Waals surface area contributed by atoms with Gasteiger partial charge in [-0.15, -0.1) is 0 Å². The van der Waals surface area contributed by atoms with Crippen LogP contribution in [0.2, 0.25) is 0 Å². The van der Waals surface area contributed by atoms with Crippen LogP contribution in [0.5, 0.6) is 0 Å². The Labute approximate surface area is 141 Å². The molecule has 128 valence electrons. The van der Waals surface area contributed by atoms with E-state index in [2.05, 4.69) is 15.5 Å². The molecule has 1 aromatic heterocycles. The van der Waals surface area contributed by atoms with Gasteiger partial charge in [-0.2, -0.15) is 18.3 Å². The van der Waals surface area contributed by atoms with Gasteiger partial charge in [0.2, 0.25) is 5.91 Å². The number of para-hydroxylation sites is 1. The number of aromatic amines is 1. The molecule has 4 nitrogen and oxygen atoms in total. The van der Waals surface area contributed by atoms with Gasteiger partial charge in [-0.1, -0.05) is 30.3 Å². The molecule has 0 fully saturated rings. The Morgan fingerprint density at radius 3 is 2.64 bits per heavy atom. The SMILES string of the molecule is O=C(C=Cc1ccc(C(F)(F)F)cc1)NCc1cccc2cn[nH]c12. The van der Waals surface area contributed by atoms with Crippen molar-refractivity contribution in [3.05, 3.63) is 71.4 Å². The van der Waals surface area contributed by atoms with Gasteiger partial charge in [0.1, 0.15) is 0 Å². The minimum atomic E-state index is -4.37. The summed E-state index contributed by atoms with van der Waals surface area (Å²) in [5, 5.41) is 10.5. The number of nitrogens with zero attached hydrogens (tertiary/aromatic N) is 1. The van der Waals surface area contributed by atoms with E-state index in [4.69, 9.17) is 0 Å². The molecule has 2 N–H and O–H groups in total. The van der Waals surface area contributed by atoms with Crippen LogP contribution in [0, 0.1) is 0 Å². The first-order chi connectivity index (χ1) is 11.9. The summed E-state index contributed by atoms with van der Waals surface area (Å²) >= 11 is 0. The Balaban J connectivity index is 1.60. The zero-order valence-corrected chi connectivity index (χ0v) is 13.0. The lowest BCUT2D eigenvalue weighted by molar-refractivity contribution is -0.137. The number of hydrogen-bond acceptors (Lipinski definition) is 2. The van der Waals surface area contributed by atoms with Gasteiger partial charge in [0.05, 0.1) is 17.3 Å². The van der Waals surface area contributed by atoms with Crippen molar-refractivity contribution in [2.45, 2.75) is 12.7 Å². The molecule has 0 atom stereocenters. The Morgan fingerprint density at radius 1 is 1.16 bits per heavy atom. The maximum atomic E-state index is 12.5. The fourth-order valence-electron chi connectivity index (χ4n) is 2.37. The van der Waals surface area contributed by atoms with Crippen molar-refractivity contribution in [1.82, 2.24) is 15.5 Å². The molecule has 0 bridgehead atoms. The van der Waals surface area contributed by atoms with Crippen molar-refractivity contribution in [2.75, 3.05) is 0 Å². The lowest BCUT2D eigenvalue weighted by atomic mass is 10.1. The van der Waals surface area contributed by atoms with Crippen molar-refractivity contribution in [3.63, 3.8) is 0 Å². The topological polar surface area (TPSA) is 57.8 Å². The molecular weight excluding hydrogens is 331 g/mol. The van der Waals surface area contributed by atoms with E-state index >= 15 is 0 Å². The highest BCUT2D eigenvalue weighted by Crippen LogP contribution is 2.29. The molecule has 0 saturated heterocycles. The Kier molecular flexibility index (Phi) is 4.56. The monoisotopic (exact) mass is 345 g/mol. The van der Waals surface area contributed by atoms with Crippen LogP contribution in [-0.2, 0) is 17.5 Å². The van der Waals surface area contributed by atoms with Gasteiger partial charge in [0, 0.05) is 18.0 Å². The third kappa shape index (κ3) is 4.06. The summed E-state index contributed by atoms with van der Waals surface area (Å²) < 4.78 is 37.5. The lowest BCUT2D eigenvalue weighted by Crippen LogP contribution is -2.20. The number of alkyl halides is 3. The third-order valence-corrected chi connectivity index (χ3v) is 3.68. The summed E-state index contributed by atoms with van der Waals surface area (Å²) in [4.78, 5) is 11.9. The van der Waals surface area contributed by atoms with Crippen LogP contribution in [0.15, 0.2) is 54.7 Å². The van der Waals surface area contributed by atoms with E-state index < -0.39 is 11.7 Å². The number of hydrogen-bond donors (Lipinski definition) is 2. The molecule has 25 heavy (non-hydrogen) atoms. The molecule has 1 amide bonds. The van der Waals surface area contributed by atoms with Gasteiger partial charge in [-0.25, -0.2) is 0 Å². The van der Waals surface area contributed by atoms with Crippen molar-refractivity contribution in [1.29, 1.82) is 0 Å². The largest absolute Gasteiger partial charge is 0.416 e. The molecule has 0 saturated carbocycles. The minimum absolute atomic E-state index is 0.315. The number of rotatable bonds is 4. The number of carbonyl (C=O) groups excluding carboxylic acids is 1. The molecule has 0 spiro atoms. The first kappa shape index (κ1) is 16.8. The predicted octanol–water partition coefficient (Wildman–Crippen LogP) is 3.91. The van der Waals surface area contributed by atoms with Crippen molar-refractivity contribution >= 4 is 22.9 Å². The van der Waals surface area contributed by atoms with Gasteiger partial charge < -0.3 is 5.32 Å². The van der Waals surface area contributed by atoms with Crippen LogP contribution in [-0.4, -0.2) is 16.1 Å². The second-order valence-corrected chi connectivity index (χ2v) is 5.42. The van der Waals surface area contributed by atoms with Crippen LogP contribution in [0.1, 0.15) is 16.7 Å². The Bertz CT molecular complexity index is 911. The van der Waals surface area contributed by atoms with Crippen molar-refractivity contribution < 1.29 is 18.0 Å². The fraction of sp³-hybridized carbons (Fsp3) is 0.111. The lowest BCUT2D eigenvalue weighted by Gasteiger charge is -2.06. The van der Waals surface area contributed by atoms with Crippen LogP contribution in [0.3, 0.4) is 0 Å². The minimum Gasteiger partial charge on any atom is -0.348 e. The predicted molar refractivity (Wildman–Crippen MR) is 88.4 cm³/mol. The maximum absolute atomic E-state index is 12.5. The molecule has 0 unspecified atom stereocenters. The first-order valence-electron chi connectivity index (χ1n) is 7.47. The molecule has 0 aliphatic carbocycles. The highest BCUT2D eigenvalue weighted by molar-refractivity contribution is 5.92.